The average Bonchev–Trinajstić information content (AvgIpc) is 3.18. The fraction of sp³-hybridized carbons (Fsp3) is 0.421. The second-order valence-corrected chi connectivity index (χ2v) is 7.42. The molecule has 0 atom stereocenters. The SMILES string of the molecule is O=C(NCCC(=O)N1CCCCC1)c1csc(-c2cccc(C(F)(F)F)c2)n1. The van der Waals surface area contributed by atoms with Gasteiger partial charge in [0.05, 0.1) is 5.56 Å². The molecule has 2 aromatic rings. The van der Waals surface area contributed by atoms with E-state index in [2.05, 4.69) is 10.3 Å². The number of carbonyl (C=O) groups is 2. The Labute approximate surface area is 164 Å². The third kappa shape index (κ3) is 5.09. The molecule has 1 aliphatic rings. The number of aromatic nitrogens is 1. The van der Waals surface area contributed by atoms with Gasteiger partial charge in [-0.3, -0.25) is 9.59 Å². The van der Waals surface area contributed by atoms with E-state index >= 15 is 0 Å². The third-order valence-corrected chi connectivity index (χ3v) is 5.40. The number of nitrogens with one attached hydrogen (secondary N) is 1. The van der Waals surface area contributed by atoms with Gasteiger partial charge in [-0.15, -0.1) is 11.3 Å². The van der Waals surface area contributed by atoms with Crippen molar-refractivity contribution in [2.75, 3.05) is 19.6 Å². The van der Waals surface area contributed by atoms with E-state index in [0.717, 1.165) is 55.8 Å². The van der Waals surface area contributed by atoms with Gasteiger partial charge in [0.1, 0.15) is 10.7 Å². The summed E-state index contributed by atoms with van der Waals surface area (Å²) >= 11 is 1.10. The van der Waals surface area contributed by atoms with Gasteiger partial charge in [0, 0.05) is 37.0 Å². The smallest absolute Gasteiger partial charge is 0.350 e. The van der Waals surface area contributed by atoms with Crippen LogP contribution in [0.2, 0.25) is 0 Å². The Morgan fingerprint density at radius 1 is 1.18 bits per heavy atom. The number of thiazole rings is 1. The van der Waals surface area contributed by atoms with Crippen LogP contribution in [0.5, 0.6) is 0 Å². The van der Waals surface area contributed by atoms with Crippen molar-refractivity contribution in [3.63, 3.8) is 0 Å². The molecule has 0 aliphatic carbocycles. The predicted molar refractivity (Wildman–Crippen MR) is 99.9 cm³/mol. The Balaban J connectivity index is 1.56. The van der Waals surface area contributed by atoms with Gasteiger partial charge in [0.25, 0.3) is 5.91 Å². The number of hydrogen-bond donors (Lipinski definition) is 1. The maximum Gasteiger partial charge on any atom is 0.416 e. The summed E-state index contributed by atoms with van der Waals surface area (Å²) in [6, 6.07) is 4.83. The van der Waals surface area contributed by atoms with E-state index < -0.39 is 17.6 Å². The van der Waals surface area contributed by atoms with Gasteiger partial charge in [-0.1, -0.05) is 12.1 Å². The number of nitrogens with zero attached hydrogens (tertiary/aromatic N) is 2. The Morgan fingerprint density at radius 2 is 1.93 bits per heavy atom. The van der Waals surface area contributed by atoms with E-state index in [4.69, 9.17) is 0 Å². The number of halogens is 3. The average molecular weight is 411 g/mol. The van der Waals surface area contributed by atoms with Crippen LogP contribution in [0.3, 0.4) is 0 Å². The van der Waals surface area contributed by atoms with Crippen LogP contribution in [0.25, 0.3) is 10.6 Å². The fourth-order valence-corrected chi connectivity index (χ4v) is 3.81. The molecule has 3 rings (SSSR count). The minimum absolute atomic E-state index is 0.0166. The van der Waals surface area contributed by atoms with Crippen LogP contribution in [0.15, 0.2) is 29.6 Å². The van der Waals surface area contributed by atoms with Gasteiger partial charge in [-0.2, -0.15) is 13.2 Å². The monoisotopic (exact) mass is 411 g/mol. The number of likely N-dealkylation sites (tertiary alicyclic amines) is 1. The normalized spacial score (nSPS) is 14.8. The van der Waals surface area contributed by atoms with Crippen LogP contribution < -0.4 is 5.32 Å². The van der Waals surface area contributed by atoms with E-state index in [0.29, 0.717) is 10.6 Å². The molecule has 2 amide bonds. The van der Waals surface area contributed by atoms with Crippen molar-refractivity contribution in [1.82, 2.24) is 15.2 Å². The molecular formula is C19H20F3N3O2S. The molecule has 1 aromatic heterocycles. The number of piperidine rings is 1. The van der Waals surface area contributed by atoms with Gasteiger partial charge in [0.2, 0.25) is 5.91 Å². The van der Waals surface area contributed by atoms with Crippen molar-refractivity contribution in [3.05, 3.63) is 40.9 Å². The molecule has 1 N–H and O–H groups in total. The van der Waals surface area contributed by atoms with Crippen LogP contribution in [-0.2, 0) is 11.0 Å². The molecular weight excluding hydrogens is 391 g/mol. The van der Waals surface area contributed by atoms with Gasteiger partial charge in [-0.25, -0.2) is 4.98 Å². The maximum absolute atomic E-state index is 12.8. The molecule has 9 heteroatoms. The van der Waals surface area contributed by atoms with Crippen molar-refractivity contribution in [2.45, 2.75) is 31.9 Å². The summed E-state index contributed by atoms with van der Waals surface area (Å²) in [5.41, 5.74) is -0.329. The zero-order valence-corrected chi connectivity index (χ0v) is 15.9. The molecule has 0 bridgehead atoms. The van der Waals surface area contributed by atoms with Crippen LogP contribution in [0, 0.1) is 0 Å². The Morgan fingerprint density at radius 3 is 2.64 bits per heavy atom. The van der Waals surface area contributed by atoms with E-state index in [1.807, 2.05) is 4.90 Å². The molecule has 2 heterocycles. The standard InChI is InChI=1S/C19H20F3N3O2S/c20-19(21,22)14-6-4-5-13(11-14)18-24-15(12-28-18)17(27)23-8-7-16(26)25-9-2-1-3-10-25/h4-6,11-12H,1-3,7-10H2,(H,23,27). The molecule has 1 aliphatic heterocycles. The van der Waals surface area contributed by atoms with Gasteiger partial charge in [0.15, 0.2) is 0 Å². The van der Waals surface area contributed by atoms with Gasteiger partial charge >= 0.3 is 6.18 Å². The number of carbonyl (C=O) groups excluding carboxylic acids is 2. The fourth-order valence-electron chi connectivity index (χ4n) is 3.01. The minimum atomic E-state index is -4.44. The van der Waals surface area contributed by atoms with Crippen LogP contribution in [0.4, 0.5) is 13.2 Å². The highest BCUT2D eigenvalue weighted by Gasteiger charge is 2.30. The lowest BCUT2D eigenvalue weighted by Crippen LogP contribution is -2.37. The number of alkyl halides is 3. The lowest BCUT2D eigenvalue weighted by molar-refractivity contribution is -0.137. The summed E-state index contributed by atoms with van der Waals surface area (Å²) in [6.45, 7) is 1.73. The van der Waals surface area contributed by atoms with Crippen molar-refractivity contribution < 1.29 is 22.8 Å². The summed E-state index contributed by atoms with van der Waals surface area (Å²) in [6.07, 6.45) is -1.06. The first-order valence-electron chi connectivity index (χ1n) is 9.04. The zero-order chi connectivity index (χ0) is 20.1. The van der Waals surface area contributed by atoms with E-state index in [1.165, 1.54) is 17.5 Å². The Hall–Kier alpha value is -2.42. The van der Waals surface area contributed by atoms with Crippen molar-refractivity contribution in [3.8, 4) is 10.6 Å². The summed E-state index contributed by atoms with van der Waals surface area (Å²) in [4.78, 5) is 30.2. The Kier molecular flexibility index (Phi) is 6.33. The predicted octanol–water partition coefficient (Wildman–Crippen LogP) is 3.96. The molecule has 0 spiro atoms. The Bertz CT molecular complexity index is 845. The second kappa shape index (κ2) is 8.72. The highest BCUT2D eigenvalue weighted by molar-refractivity contribution is 7.13. The topological polar surface area (TPSA) is 62.3 Å². The molecule has 1 aromatic carbocycles. The summed E-state index contributed by atoms with van der Waals surface area (Å²) < 4.78 is 38.5. The van der Waals surface area contributed by atoms with Crippen molar-refractivity contribution >= 4 is 23.2 Å². The van der Waals surface area contributed by atoms with E-state index in [9.17, 15) is 22.8 Å². The maximum atomic E-state index is 12.8. The first-order valence-corrected chi connectivity index (χ1v) is 9.92. The quantitative estimate of drug-likeness (QED) is 0.810. The molecule has 1 saturated heterocycles. The highest BCUT2D eigenvalue weighted by atomic mass is 32.1. The molecule has 0 saturated carbocycles. The molecule has 0 unspecified atom stereocenters. The van der Waals surface area contributed by atoms with Crippen LogP contribution in [-0.4, -0.2) is 41.3 Å². The van der Waals surface area contributed by atoms with Crippen LogP contribution >= 0.6 is 11.3 Å². The number of hydrogen-bond acceptors (Lipinski definition) is 4. The molecule has 150 valence electrons. The highest BCUT2D eigenvalue weighted by Crippen LogP contribution is 2.33. The first-order chi connectivity index (χ1) is 13.3. The van der Waals surface area contributed by atoms with Crippen molar-refractivity contribution in [1.29, 1.82) is 0 Å². The third-order valence-electron chi connectivity index (χ3n) is 4.51. The van der Waals surface area contributed by atoms with Crippen molar-refractivity contribution in [2.24, 2.45) is 0 Å². The van der Waals surface area contributed by atoms with Gasteiger partial charge in [-0.05, 0) is 31.4 Å². The number of rotatable bonds is 5. The molecule has 0 radical (unpaired) electrons. The molecule has 5 nitrogen and oxygen atoms in total. The summed E-state index contributed by atoms with van der Waals surface area (Å²) in [5, 5.41) is 4.48. The minimum Gasteiger partial charge on any atom is -0.350 e. The lowest BCUT2D eigenvalue weighted by atomic mass is 10.1. The van der Waals surface area contributed by atoms with E-state index in [1.54, 1.807) is 0 Å². The zero-order valence-electron chi connectivity index (χ0n) is 15.1. The largest absolute Gasteiger partial charge is 0.416 e. The molecule has 1 fully saturated rings. The molecule has 28 heavy (non-hydrogen) atoms. The number of benzene rings is 1. The first kappa shape index (κ1) is 20.3. The summed E-state index contributed by atoms with van der Waals surface area (Å²) in [5.74, 6) is -0.427. The summed E-state index contributed by atoms with van der Waals surface area (Å²) in [7, 11) is 0. The van der Waals surface area contributed by atoms with Gasteiger partial charge < -0.3 is 10.2 Å². The second-order valence-electron chi connectivity index (χ2n) is 6.56. The lowest BCUT2D eigenvalue weighted by Gasteiger charge is -2.26. The van der Waals surface area contributed by atoms with E-state index in [-0.39, 0.29) is 24.6 Å². The number of amides is 2. The van der Waals surface area contributed by atoms with Crippen LogP contribution in [0.1, 0.15) is 41.7 Å².